The molecule has 0 saturated heterocycles. The van der Waals surface area contributed by atoms with Gasteiger partial charge in [0, 0.05) is 17.0 Å². The van der Waals surface area contributed by atoms with Gasteiger partial charge in [-0.3, -0.25) is 0 Å². The van der Waals surface area contributed by atoms with Crippen molar-refractivity contribution >= 4 is 5.82 Å². The Labute approximate surface area is 117 Å². The van der Waals surface area contributed by atoms with Crippen molar-refractivity contribution in [3.8, 4) is 17.0 Å². The third kappa shape index (κ3) is 2.87. The van der Waals surface area contributed by atoms with Crippen LogP contribution in [-0.4, -0.2) is 17.1 Å². The molecule has 0 radical (unpaired) electrons. The lowest BCUT2D eigenvalue weighted by Gasteiger charge is -2.18. The summed E-state index contributed by atoms with van der Waals surface area (Å²) in [6, 6.07) is 6.33. The van der Waals surface area contributed by atoms with Gasteiger partial charge in [-0.05, 0) is 18.2 Å². The van der Waals surface area contributed by atoms with E-state index in [4.69, 9.17) is 10.5 Å². The molecule has 2 rings (SSSR count). The zero-order valence-electron chi connectivity index (χ0n) is 12.1. The van der Waals surface area contributed by atoms with E-state index < -0.39 is 5.82 Å². The van der Waals surface area contributed by atoms with Crippen LogP contribution in [0, 0.1) is 5.82 Å². The molecule has 0 bridgehead atoms. The largest absolute Gasteiger partial charge is 0.494 e. The zero-order chi connectivity index (χ0) is 14.9. The van der Waals surface area contributed by atoms with Gasteiger partial charge in [0.05, 0.1) is 12.8 Å². The molecule has 20 heavy (non-hydrogen) atoms. The second-order valence-electron chi connectivity index (χ2n) is 5.60. The number of benzene rings is 1. The first-order valence-corrected chi connectivity index (χ1v) is 6.30. The number of nitrogens with two attached hydrogens (primary N) is 1. The molecule has 1 aromatic carbocycles. The number of nitrogen functional groups attached to an aromatic ring is 1. The van der Waals surface area contributed by atoms with E-state index in [0.717, 1.165) is 0 Å². The molecule has 0 amide bonds. The number of rotatable bonds is 2. The molecule has 2 aromatic rings. The van der Waals surface area contributed by atoms with E-state index in [1.54, 1.807) is 18.2 Å². The Morgan fingerprint density at radius 3 is 2.40 bits per heavy atom. The van der Waals surface area contributed by atoms with E-state index in [0.29, 0.717) is 22.9 Å². The Morgan fingerprint density at radius 2 is 1.85 bits per heavy atom. The molecule has 1 heterocycles. The second-order valence-corrected chi connectivity index (χ2v) is 5.60. The number of hydrogen-bond acceptors (Lipinski definition) is 4. The molecule has 0 saturated carbocycles. The van der Waals surface area contributed by atoms with E-state index in [1.807, 2.05) is 20.8 Å². The van der Waals surface area contributed by atoms with Gasteiger partial charge in [0.15, 0.2) is 11.6 Å². The highest BCUT2D eigenvalue weighted by Crippen LogP contribution is 2.27. The maximum Gasteiger partial charge on any atom is 0.165 e. The Bertz CT molecular complexity index is 636. The molecule has 106 valence electrons. The van der Waals surface area contributed by atoms with Crippen molar-refractivity contribution in [3.63, 3.8) is 0 Å². The number of anilines is 1. The van der Waals surface area contributed by atoms with Crippen LogP contribution in [0.25, 0.3) is 11.3 Å². The minimum atomic E-state index is -0.431. The van der Waals surface area contributed by atoms with Crippen molar-refractivity contribution in [2.24, 2.45) is 0 Å². The molecule has 0 aliphatic heterocycles. The Balaban J connectivity index is 2.53. The molecule has 0 fully saturated rings. The smallest absolute Gasteiger partial charge is 0.165 e. The van der Waals surface area contributed by atoms with Crippen LogP contribution in [0.15, 0.2) is 24.3 Å². The SMILES string of the molecule is COc1ccc(-c2cc(N)nc(C(C)(C)C)n2)cc1F. The van der Waals surface area contributed by atoms with Gasteiger partial charge in [-0.2, -0.15) is 0 Å². The fourth-order valence-corrected chi connectivity index (χ4v) is 1.78. The molecule has 1 aromatic heterocycles. The van der Waals surface area contributed by atoms with E-state index in [1.165, 1.54) is 13.2 Å². The summed E-state index contributed by atoms with van der Waals surface area (Å²) in [6.07, 6.45) is 0. The summed E-state index contributed by atoms with van der Waals surface area (Å²) in [7, 11) is 1.43. The Hall–Kier alpha value is -2.17. The average Bonchev–Trinajstić information content (AvgIpc) is 2.37. The summed E-state index contributed by atoms with van der Waals surface area (Å²) in [6.45, 7) is 6.00. The summed E-state index contributed by atoms with van der Waals surface area (Å²) in [5, 5.41) is 0. The molecular formula is C15H18FN3O. The molecule has 0 atom stereocenters. The van der Waals surface area contributed by atoms with Crippen LogP contribution in [0.1, 0.15) is 26.6 Å². The van der Waals surface area contributed by atoms with E-state index in [2.05, 4.69) is 9.97 Å². The van der Waals surface area contributed by atoms with Gasteiger partial charge in [0.25, 0.3) is 0 Å². The van der Waals surface area contributed by atoms with Crippen LogP contribution in [-0.2, 0) is 5.41 Å². The minimum absolute atomic E-state index is 0.201. The van der Waals surface area contributed by atoms with E-state index in [9.17, 15) is 4.39 Å². The quantitative estimate of drug-likeness (QED) is 0.914. The molecule has 5 heteroatoms. The van der Waals surface area contributed by atoms with Crippen LogP contribution in [0.3, 0.4) is 0 Å². The van der Waals surface area contributed by atoms with Crippen molar-refractivity contribution in [2.45, 2.75) is 26.2 Å². The normalized spacial score (nSPS) is 11.4. The maximum absolute atomic E-state index is 13.8. The minimum Gasteiger partial charge on any atom is -0.494 e. The summed E-state index contributed by atoms with van der Waals surface area (Å²) in [5.41, 5.74) is 6.83. The number of halogens is 1. The van der Waals surface area contributed by atoms with Crippen LogP contribution >= 0.6 is 0 Å². The number of nitrogens with zero attached hydrogens (tertiary/aromatic N) is 2. The highest BCUT2D eigenvalue weighted by atomic mass is 19.1. The van der Waals surface area contributed by atoms with Gasteiger partial charge < -0.3 is 10.5 Å². The Kier molecular flexibility index (Phi) is 3.61. The van der Waals surface area contributed by atoms with Crippen LogP contribution in [0.2, 0.25) is 0 Å². The van der Waals surface area contributed by atoms with Gasteiger partial charge in [0.2, 0.25) is 0 Å². The lowest BCUT2D eigenvalue weighted by molar-refractivity contribution is 0.386. The van der Waals surface area contributed by atoms with Gasteiger partial charge in [-0.25, -0.2) is 14.4 Å². The first-order valence-electron chi connectivity index (χ1n) is 6.30. The van der Waals surface area contributed by atoms with Crippen molar-refractivity contribution in [1.82, 2.24) is 9.97 Å². The number of methoxy groups -OCH3 is 1. The first-order chi connectivity index (χ1) is 9.31. The summed E-state index contributed by atoms with van der Waals surface area (Å²) in [4.78, 5) is 8.71. The third-order valence-electron chi connectivity index (χ3n) is 2.86. The van der Waals surface area contributed by atoms with Crippen LogP contribution < -0.4 is 10.5 Å². The number of hydrogen-bond donors (Lipinski definition) is 1. The average molecular weight is 275 g/mol. The highest BCUT2D eigenvalue weighted by Gasteiger charge is 2.19. The third-order valence-corrected chi connectivity index (χ3v) is 2.86. The van der Waals surface area contributed by atoms with Crippen molar-refractivity contribution < 1.29 is 9.13 Å². The molecule has 2 N–H and O–H groups in total. The van der Waals surface area contributed by atoms with Gasteiger partial charge in [-0.1, -0.05) is 20.8 Å². The topological polar surface area (TPSA) is 61.0 Å². The lowest BCUT2D eigenvalue weighted by Crippen LogP contribution is -2.17. The molecule has 0 aliphatic rings. The van der Waals surface area contributed by atoms with Crippen molar-refractivity contribution in [3.05, 3.63) is 35.9 Å². The molecule has 0 aliphatic carbocycles. The summed E-state index contributed by atoms with van der Waals surface area (Å²) < 4.78 is 18.7. The predicted molar refractivity (Wildman–Crippen MR) is 77.1 cm³/mol. The van der Waals surface area contributed by atoms with Crippen LogP contribution in [0.4, 0.5) is 10.2 Å². The highest BCUT2D eigenvalue weighted by molar-refractivity contribution is 5.63. The van der Waals surface area contributed by atoms with Gasteiger partial charge in [-0.15, -0.1) is 0 Å². The summed E-state index contributed by atoms with van der Waals surface area (Å²) >= 11 is 0. The van der Waals surface area contributed by atoms with Crippen molar-refractivity contribution in [2.75, 3.05) is 12.8 Å². The molecule has 0 spiro atoms. The first kappa shape index (κ1) is 14.2. The predicted octanol–water partition coefficient (Wildman–Crippen LogP) is 3.17. The Morgan fingerprint density at radius 1 is 1.15 bits per heavy atom. The summed E-state index contributed by atoms with van der Waals surface area (Å²) in [5.74, 6) is 0.770. The monoisotopic (exact) mass is 275 g/mol. The molecular weight excluding hydrogens is 257 g/mol. The van der Waals surface area contributed by atoms with E-state index in [-0.39, 0.29) is 11.2 Å². The fraction of sp³-hybridized carbons (Fsp3) is 0.333. The zero-order valence-corrected chi connectivity index (χ0v) is 12.1. The molecule has 4 nitrogen and oxygen atoms in total. The van der Waals surface area contributed by atoms with Crippen molar-refractivity contribution in [1.29, 1.82) is 0 Å². The molecule has 0 unspecified atom stereocenters. The number of ether oxygens (including phenoxy) is 1. The fourth-order valence-electron chi connectivity index (χ4n) is 1.78. The number of aromatic nitrogens is 2. The van der Waals surface area contributed by atoms with Crippen LogP contribution in [0.5, 0.6) is 5.75 Å². The van der Waals surface area contributed by atoms with Gasteiger partial charge in [0.1, 0.15) is 11.6 Å². The maximum atomic E-state index is 13.8. The van der Waals surface area contributed by atoms with Gasteiger partial charge >= 0.3 is 0 Å². The lowest BCUT2D eigenvalue weighted by atomic mass is 9.95. The standard InChI is InChI=1S/C15H18FN3O/c1-15(2,3)14-18-11(8-13(17)19-14)9-5-6-12(20-4)10(16)7-9/h5-8H,1-4H3,(H2,17,18,19). The van der Waals surface area contributed by atoms with E-state index >= 15 is 0 Å². The second kappa shape index (κ2) is 5.07.